The second-order valence-corrected chi connectivity index (χ2v) is 4.72. The van der Waals surface area contributed by atoms with E-state index in [0.717, 1.165) is 5.69 Å². The Labute approximate surface area is 93.7 Å². The number of hydrogen-bond acceptors (Lipinski definition) is 2. The van der Waals surface area contributed by atoms with Gasteiger partial charge >= 0.3 is 0 Å². The molecule has 0 saturated heterocycles. The molecule has 0 heterocycles. The first kappa shape index (κ1) is 12.1. The predicted octanol–water partition coefficient (Wildman–Crippen LogP) is 1.91. The molecule has 2 nitrogen and oxygen atoms in total. The van der Waals surface area contributed by atoms with Crippen molar-refractivity contribution < 1.29 is 0 Å². The van der Waals surface area contributed by atoms with Crippen LogP contribution in [0.2, 0.25) is 6.82 Å². The molecule has 1 radical (unpaired) electrons. The first-order chi connectivity index (χ1) is 6.99. The van der Waals surface area contributed by atoms with Crippen LogP contribution in [0, 0.1) is 0 Å². The Balaban J connectivity index is 3.10. The fraction of sp³-hybridized carbons (Fsp3) is 0.500. The molecule has 2 N–H and O–H groups in total. The van der Waals surface area contributed by atoms with Crippen LogP contribution in [0.4, 0.5) is 5.69 Å². The summed E-state index contributed by atoms with van der Waals surface area (Å²) in [5, 5.41) is 0. The minimum atomic E-state index is 0.191. The molecule has 0 atom stereocenters. The molecule has 0 aliphatic heterocycles. The van der Waals surface area contributed by atoms with Gasteiger partial charge in [-0.15, -0.1) is 0 Å². The zero-order valence-electron chi connectivity index (χ0n) is 10.3. The summed E-state index contributed by atoms with van der Waals surface area (Å²) in [7, 11) is 3.98. The van der Waals surface area contributed by atoms with E-state index in [0.29, 0.717) is 0 Å². The summed E-state index contributed by atoms with van der Waals surface area (Å²) in [4.78, 5) is 0. The molecule has 0 aliphatic carbocycles. The van der Waals surface area contributed by atoms with Crippen molar-refractivity contribution in [1.82, 2.24) is 5.43 Å². The van der Waals surface area contributed by atoms with Crippen molar-refractivity contribution in [2.24, 2.45) is 0 Å². The van der Waals surface area contributed by atoms with Crippen LogP contribution in [0.3, 0.4) is 0 Å². The summed E-state index contributed by atoms with van der Waals surface area (Å²) in [6.45, 7) is 8.72. The maximum absolute atomic E-state index is 3.16. The van der Waals surface area contributed by atoms with E-state index >= 15 is 0 Å². The average molecular weight is 203 g/mol. The molecule has 0 bridgehead atoms. The maximum atomic E-state index is 3.16. The highest BCUT2D eigenvalue weighted by Crippen LogP contribution is 2.23. The number of nitrogens with one attached hydrogen (secondary N) is 2. The molecule has 1 aromatic carbocycles. The molecule has 0 saturated carbocycles. The van der Waals surface area contributed by atoms with Gasteiger partial charge in [-0.05, 0) is 17.0 Å². The molecule has 0 aromatic heterocycles. The normalized spacial score (nSPS) is 11.3. The second-order valence-electron chi connectivity index (χ2n) is 4.72. The quantitative estimate of drug-likeness (QED) is 0.579. The van der Waals surface area contributed by atoms with Crippen LogP contribution in [-0.2, 0) is 5.41 Å². The van der Waals surface area contributed by atoms with Crippen molar-refractivity contribution in [2.75, 3.05) is 12.5 Å². The Hall–Kier alpha value is -0.955. The molecule has 0 amide bonds. The highest BCUT2D eigenvalue weighted by Gasteiger charge is 2.14. The average Bonchev–Trinajstić information content (AvgIpc) is 2.17. The number of hydrazine groups is 1. The molecule has 81 valence electrons. The summed E-state index contributed by atoms with van der Waals surface area (Å²) in [5.41, 5.74) is 10.0. The van der Waals surface area contributed by atoms with E-state index in [2.05, 4.69) is 57.1 Å². The van der Waals surface area contributed by atoms with Gasteiger partial charge in [0.2, 0.25) is 0 Å². The van der Waals surface area contributed by atoms with Gasteiger partial charge in [0.1, 0.15) is 0 Å². The third-order valence-electron chi connectivity index (χ3n) is 2.49. The molecule has 3 heteroatoms. The molecule has 0 fully saturated rings. The zero-order chi connectivity index (χ0) is 11.5. The monoisotopic (exact) mass is 203 g/mol. The third kappa shape index (κ3) is 3.00. The van der Waals surface area contributed by atoms with Gasteiger partial charge in [-0.3, -0.25) is 0 Å². The van der Waals surface area contributed by atoms with E-state index < -0.39 is 0 Å². The lowest BCUT2D eigenvalue weighted by Crippen LogP contribution is -2.25. The molecule has 0 aliphatic rings. The van der Waals surface area contributed by atoms with Gasteiger partial charge in [-0.25, -0.2) is 5.43 Å². The van der Waals surface area contributed by atoms with Crippen LogP contribution < -0.4 is 16.3 Å². The highest BCUT2D eigenvalue weighted by molar-refractivity contribution is 6.54. The van der Waals surface area contributed by atoms with E-state index in [1.54, 1.807) is 0 Å². The van der Waals surface area contributed by atoms with Gasteiger partial charge in [0, 0.05) is 12.7 Å². The maximum Gasteiger partial charge on any atom is 0.151 e. The molecule has 1 rings (SSSR count). The number of anilines is 1. The topological polar surface area (TPSA) is 24.1 Å². The number of hydrogen-bond donors (Lipinski definition) is 2. The SMILES string of the molecule is C[B]c1ccc(C(C)(C)C)cc1NNC. The molecular weight excluding hydrogens is 183 g/mol. The summed E-state index contributed by atoms with van der Waals surface area (Å²) >= 11 is 0. The van der Waals surface area contributed by atoms with E-state index in [-0.39, 0.29) is 5.41 Å². The molecule has 15 heavy (non-hydrogen) atoms. The van der Waals surface area contributed by atoms with E-state index in [1.807, 2.05) is 13.9 Å². The standard InChI is InChI=1S/C12H20BN2/c1-12(2,3)9-6-7-10(13-4)11(8-9)15-14-5/h6-8,14-15H,1-5H3. The van der Waals surface area contributed by atoms with Crippen molar-refractivity contribution in [3.63, 3.8) is 0 Å². The van der Waals surface area contributed by atoms with Crippen LogP contribution in [0.25, 0.3) is 0 Å². The van der Waals surface area contributed by atoms with Gasteiger partial charge < -0.3 is 5.43 Å². The fourth-order valence-electron chi connectivity index (χ4n) is 1.52. The highest BCUT2D eigenvalue weighted by atomic mass is 15.3. The Kier molecular flexibility index (Phi) is 3.80. The van der Waals surface area contributed by atoms with Crippen molar-refractivity contribution in [3.8, 4) is 0 Å². The van der Waals surface area contributed by atoms with Crippen LogP contribution in [0.5, 0.6) is 0 Å². The van der Waals surface area contributed by atoms with Gasteiger partial charge in [-0.2, -0.15) is 0 Å². The van der Waals surface area contributed by atoms with Crippen molar-refractivity contribution in [1.29, 1.82) is 0 Å². The first-order valence-corrected chi connectivity index (χ1v) is 5.35. The van der Waals surface area contributed by atoms with E-state index in [4.69, 9.17) is 0 Å². The molecule has 1 aromatic rings. The van der Waals surface area contributed by atoms with Gasteiger partial charge in [-0.1, -0.05) is 45.2 Å². The summed E-state index contributed by atoms with van der Waals surface area (Å²) < 4.78 is 0. The summed E-state index contributed by atoms with van der Waals surface area (Å²) in [6, 6.07) is 6.54. The lowest BCUT2D eigenvalue weighted by molar-refractivity contribution is 0.590. The Morgan fingerprint density at radius 3 is 2.33 bits per heavy atom. The van der Waals surface area contributed by atoms with Crippen LogP contribution in [0.1, 0.15) is 26.3 Å². The van der Waals surface area contributed by atoms with Crippen molar-refractivity contribution >= 4 is 18.4 Å². The van der Waals surface area contributed by atoms with Crippen molar-refractivity contribution in [2.45, 2.75) is 33.0 Å². The molecule has 0 unspecified atom stereocenters. The molecular formula is C12H20BN2. The van der Waals surface area contributed by atoms with Crippen LogP contribution >= 0.6 is 0 Å². The first-order valence-electron chi connectivity index (χ1n) is 5.35. The zero-order valence-corrected chi connectivity index (χ0v) is 10.3. The lowest BCUT2D eigenvalue weighted by Gasteiger charge is -2.21. The van der Waals surface area contributed by atoms with Gasteiger partial charge in [0.15, 0.2) is 7.28 Å². The fourth-order valence-corrected chi connectivity index (χ4v) is 1.52. The summed E-state index contributed by atoms with van der Waals surface area (Å²) in [6.07, 6.45) is 0. The number of rotatable bonds is 3. The third-order valence-corrected chi connectivity index (χ3v) is 2.49. The largest absolute Gasteiger partial charge is 0.322 e. The van der Waals surface area contributed by atoms with Crippen LogP contribution in [0.15, 0.2) is 18.2 Å². The molecule has 0 spiro atoms. The Morgan fingerprint density at radius 1 is 1.20 bits per heavy atom. The van der Waals surface area contributed by atoms with Crippen LogP contribution in [-0.4, -0.2) is 14.3 Å². The minimum Gasteiger partial charge on any atom is -0.322 e. The second kappa shape index (κ2) is 4.71. The smallest absolute Gasteiger partial charge is 0.151 e. The Bertz CT molecular complexity index is 329. The van der Waals surface area contributed by atoms with E-state index in [1.165, 1.54) is 11.0 Å². The van der Waals surface area contributed by atoms with Crippen molar-refractivity contribution in [3.05, 3.63) is 23.8 Å². The van der Waals surface area contributed by atoms with Gasteiger partial charge in [0.25, 0.3) is 0 Å². The summed E-state index contributed by atoms with van der Waals surface area (Å²) in [5.74, 6) is 0. The lowest BCUT2D eigenvalue weighted by atomic mass is 9.71. The number of benzene rings is 1. The predicted molar refractivity (Wildman–Crippen MR) is 69.1 cm³/mol. The minimum absolute atomic E-state index is 0.191. The van der Waals surface area contributed by atoms with Gasteiger partial charge in [0.05, 0.1) is 0 Å². The Morgan fingerprint density at radius 2 is 1.87 bits per heavy atom. The van der Waals surface area contributed by atoms with E-state index in [9.17, 15) is 0 Å².